The second-order valence-corrected chi connectivity index (χ2v) is 3.86. The van der Waals surface area contributed by atoms with Gasteiger partial charge in [0.15, 0.2) is 5.76 Å². The predicted octanol–water partition coefficient (Wildman–Crippen LogP) is 1.46. The van der Waals surface area contributed by atoms with Gasteiger partial charge >= 0.3 is 0 Å². The summed E-state index contributed by atoms with van der Waals surface area (Å²) in [7, 11) is 0. The molecule has 4 heteroatoms. The third-order valence-corrected chi connectivity index (χ3v) is 2.28. The maximum absolute atomic E-state index is 5.09. The van der Waals surface area contributed by atoms with Crippen molar-refractivity contribution in [3.63, 3.8) is 0 Å². The first kappa shape index (κ1) is 12.2. The molecular formula is C11H21N3O. The second-order valence-electron chi connectivity index (χ2n) is 3.86. The maximum atomic E-state index is 5.09. The van der Waals surface area contributed by atoms with E-state index >= 15 is 0 Å². The van der Waals surface area contributed by atoms with Gasteiger partial charge < -0.3 is 15.2 Å². The molecule has 0 spiro atoms. The molecule has 2 N–H and O–H groups in total. The lowest BCUT2D eigenvalue weighted by atomic mass is 10.2. The summed E-state index contributed by atoms with van der Waals surface area (Å²) < 4.78 is 5.09. The molecule has 0 aromatic carbocycles. The van der Waals surface area contributed by atoms with E-state index in [-0.39, 0.29) is 0 Å². The summed E-state index contributed by atoms with van der Waals surface area (Å²) in [6.45, 7) is 9.04. The first-order valence-corrected chi connectivity index (χ1v) is 5.58. The average Bonchev–Trinajstić information content (AvgIpc) is 2.60. The van der Waals surface area contributed by atoms with Gasteiger partial charge in [-0.15, -0.1) is 0 Å². The highest BCUT2D eigenvalue weighted by atomic mass is 16.5. The SMILES string of the molecule is CCNC(C)CCNCc1cc(C)no1. The quantitative estimate of drug-likeness (QED) is 0.670. The standard InChI is InChI=1S/C11H21N3O/c1-4-13-9(2)5-6-12-8-11-7-10(3)14-15-11/h7,9,12-13H,4-6,8H2,1-3H3. The first-order chi connectivity index (χ1) is 7.22. The smallest absolute Gasteiger partial charge is 0.150 e. The Kier molecular flexibility index (Phi) is 5.36. The third-order valence-electron chi connectivity index (χ3n) is 2.28. The van der Waals surface area contributed by atoms with Crippen molar-refractivity contribution in [3.05, 3.63) is 17.5 Å². The van der Waals surface area contributed by atoms with Crippen LogP contribution in [-0.2, 0) is 6.54 Å². The van der Waals surface area contributed by atoms with Gasteiger partial charge in [-0.25, -0.2) is 0 Å². The third kappa shape index (κ3) is 4.95. The molecule has 15 heavy (non-hydrogen) atoms. The number of aryl methyl sites for hydroxylation is 1. The lowest BCUT2D eigenvalue weighted by Gasteiger charge is -2.11. The molecule has 0 saturated carbocycles. The van der Waals surface area contributed by atoms with Crippen LogP contribution in [0, 0.1) is 6.92 Å². The van der Waals surface area contributed by atoms with Gasteiger partial charge in [0.05, 0.1) is 12.2 Å². The van der Waals surface area contributed by atoms with E-state index in [1.165, 1.54) is 0 Å². The number of hydrogen-bond acceptors (Lipinski definition) is 4. The molecule has 1 heterocycles. The van der Waals surface area contributed by atoms with Crippen molar-refractivity contribution in [3.8, 4) is 0 Å². The zero-order valence-electron chi connectivity index (χ0n) is 9.84. The molecule has 4 nitrogen and oxygen atoms in total. The maximum Gasteiger partial charge on any atom is 0.150 e. The Bertz CT molecular complexity index is 273. The Morgan fingerprint density at radius 2 is 2.33 bits per heavy atom. The molecule has 1 rings (SSSR count). The lowest BCUT2D eigenvalue weighted by Crippen LogP contribution is -2.29. The first-order valence-electron chi connectivity index (χ1n) is 5.58. The van der Waals surface area contributed by atoms with Crippen LogP contribution >= 0.6 is 0 Å². The van der Waals surface area contributed by atoms with Crippen molar-refractivity contribution in [2.75, 3.05) is 13.1 Å². The van der Waals surface area contributed by atoms with Gasteiger partial charge in [0.25, 0.3) is 0 Å². The van der Waals surface area contributed by atoms with Gasteiger partial charge in [-0.05, 0) is 33.4 Å². The molecular weight excluding hydrogens is 190 g/mol. The van der Waals surface area contributed by atoms with Crippen molar-refractivity contribution < 1.29 is 4.52 Å². The predicted molar refractivity (Wildman–Crippen MR) is 60.7 cm³/mol. The summed E-state index contributed by atoms with van der Waals surface area (Å²) in [5, 5.41) is 10.5. The molecule has 1 aromatic rings. The van der Waals surface area contributed by atoms with Gasteiger partial charge in [-0.3, -0.25) is 0 Å². The Morgan fingerprint density at radius 1 is 1.53 bits per heavy atom. The molecule has 86 valence electrons. The highest BCUT2D eigenvalue weighted by Gasteiger charge is 2.01. The van der Waals surface area contributed by atoms with Crippen molar-refractivity contribution >= 4 is 0 Å². The van der Waals surface area contributed by atoms with E-state index in [0.717, 1.165) is 37.5 Å². The fourth-order valence-corrected chi connectivity index (χ4v) is 1.48. The molecule has 0 saturated heterocycles. The summed E-state index contributed by atoms with van der Waals surface area (Å²) in [5.41, 5.74) is 0.938. The van der Waals surface area contributed by atoms with E-state index < -0.39 is 0 Å². The molecule has 1 aromatic heterocycles. The minimum atomic E-state index is 0.568. The van der Waals surface area contributed by atoms with Gasteiger partial charge in [-0.2, -0.15) is 0 Å². The van der Waals surface area contributed by atoms with E-state index in [0.29, 0.717) is 6.04 Å². The summed E-state index contributed by atoms with van der Waals surface area (Å²) in [4.78, 5) is 0. The van der Waals surface area contributed by atoms with Crippen molar-refractivity contribution in [1.82, 2.24) is 15.8 Å². The normalized spacial score (nSPS) is 13.0. The van der Waals surface area contributed by atoms with E-state index in [2.05, 4.69) is 29.6 Å². The van der Waals surface area contributed by atoms with Crippen LogP contribution in [0.25, 0.3) is 0 Å². The highest BCUT2D eigenvalue weighted by Crippen LogP contribution is 2.01. The molecule has 0 bridgehead atoms. The van der Waals surface area contributed by atoms with Crippen LogP contribution in [0.4, 0.5) is 0 Å². The molecule has 1 unspecified atom stereocenters. The largest absolute Gasteiger partial charge is 0.360 e. The summed E-state index contributed by atoms with van der Waals surface area (Å²) in [6, 6.07) is 2.53. The second kappa shape index (κ2) is 6.58. The van der Waals surface area contributed by atoms with E-state index in [4.69, 9.17) is 4.52 Å². The molecule has 0 amide bonds. The molecule has 1 atom stereocenters. The van der Waals surface area contributed by atoms with E-state index in [1.54, 1.807) is 0 Å². The minimum Gasteiger partial charge on any atom is -0.360 e. The van der Waals surface area contributed by atoms with Crippen LogP contribution in [0.15, 0.2) is 10.6 Å². The van der Waals surface area contributed by atoms with Gasteiger partial charge in [0, 0.05) is 12.1 Å². The van der Waals surface area contributed by atoms with Crippen molar-refractivity contribution in [1.29, 1.82) is 0 Å². The summed E-state index contributed by atoms with van der Waals surface area (Å²) in [5.74, 6) is 0.906. The van der Waals surface area contributed by atoms with Gasteiger partial charge in [0.1, 0.15) is 0 Å². The van der Waals surface area contributed by atoms with E-state index in [9.17, 15) is 0 Å². The Labute approximate surface area is 91.4 Å². The number of rotatable bonds is 7. The fraction of sp³-hybridized carbons (Fsp3) is 0.727. The summed E-state index contributed by atoms with van der Waals surface area (Å²) in [6.07, 6.45) is 1.13. The highest BCUT2D eigenvalue weighted by molar-refractivity contribution is 5.02. The monoisotopic (exact) mass is 211 g/mol. The lowest BCUT2D eigenvalue weighted by molar-refractivity contribution is 0.367. The van der Waals surface area contributed by atoms with Crippen LogP contribution in [0.5, 0.6) is 0 Å². The van der Waals surface area contributed by atoms with Crippen LogP contribution in [0.2, 0.25) is 0 Å². The Balaban J connectivity index is 2.06. The topological polar surface area (TPSA) is 50.1 Å². The van der Waals surface area contributed by atoms with Gasteiger partial charge in [-0.1, -0.05) is 12.1 Å². The van der Waals surface area contributed by atoms with E-state index in [1.807, 2.05) is 13.0 Å². The van der Waals surface area contributed by atoms with Gasteiger partial charge in [0.2, 0.25) is 0 Å². The molecule has 0 aliphatic heterocycles. The van der Waals surface area contributed by atoms with Crippen molar-refractivity contribution in [2.24, 2.45) is 0 Å². The summed E-state index contributed by atoms with van der Waals surface area (Å²) >= 11 is 0. The number of aromatic nitrogens is 1. The van der Waals surface area contributed by atoms with Crippen LogP contribution in [0.1, 0.15) is 31.7 Å². The molecule has 0 aliphatic rings. The average molecular weight is 211 g/mol. The fourth-order valence-electron chi connectivity index (χ4n) is 1.48. The van der Waals surface area contributed by atoms with Crippen LogP contribution in [-0.4, -0.2) is 24.3 Å². The molecule has 0 fully saturated rings. The van der Waals surface area contributed by atoms with Crippen molar-refractivity contribution in [2.45, 2.75) is 39.8 Å². The zero-order chi connectivity index (χ0) is 11.1. The molecule has 0 aliphatic carbocycles. The number of hydrogen-bond donors (Lipinski definition) is 2. The number of nitrogens with zero attached hydrogens (tertiary/aromatic N) is 1. The Hall–Kier alpha value is -0.870. The Morgan fingerprint density at radius 3 is 2.93 bits per heavy atom. The van der Waals surface area contributed by atoms with Crippen LogP contribution < -0.4 is 10.6 Å². The minimum absolute atomic E-state index is 0.568. The van der Waals surface area contributed by atoms with Crippen LogP contribution in [0.3, 0.4) is 0 Å². The molecule has 0 radical (unpaired) electrons. The number of nitrogens with one attached hydrogen (secondary N) is 2. The zero-order valence-corrected chi connectivity index (χ0v) is 9.84.